The number of nitrogens with one attached hydrogen (secondary N) is 1. The Labute approximate surface area is 123 Å². The van der Waals surface area contributed by atoms with Gasteiger partial charge in [0.05, 0.1) is 11.4 Å². The van der Waals surface area contributed by atoms with Gasteiger partial charge in [0.2, 0.25) is 5.91 Å². The van der Waals surface area contributed by atoms with Crippen LogP contribution in [-0.4, -0.2) is 42.9 Å². The largest absolute Gasteiger partial charge is 0.352 e. The van der Waals surface area contributed by atoms with Crippen molar-refractivity contribution in [1.82, 2.24) is 10.2 Å². The molecule has 0 aromatic carbocycles. The minimum absolute atomic E-state index is 0.0878. The molecule has 2 atom stereocenters. The van der Waals surface area contributed by atoms with Crippen LogP contribution >= 0.6 is 11.3 Å². The summed E-state index contributed by atoms with van der Waals surface area (Å²) in [6.45, 7) is 0.694. The van der Waals surface area contributed by atoms with E-state index < -0.39 is 0 Å². The van der Waals surface area contributed by atoms with Gasteiger partial charge in [-0.25, -0.2) is 0 Å². The third kappa shape index (κ3) is 3.58. The minimum Gasteiger partial charge on any atom is -0.352 e. The fourth-order valence-corrected chi connectivity index (χ4v) is 3.35. The van der Waals surface area contributed by atoms with Gasteiger partial charge in [0.15, 0.2) is 0 Å². The number of nitrogens with two attached hydrogens (primary N) is 1. The number of carbonyl (C=O) groups is 2. The highest BCUT2D eigenvalue weighted by atomic mass is 32.1. The molecule has 2 amide bonds. The van der Waals surface area contributed by atoms with E-state index in [0.717, 1.165) is 19.3 Å². The van der Waals surface area contributed by atoms with Gasteiger partial charge in [-0.1, -0.05) is 12.5 Å². The molecule has 0 spiro atoms. The van der Waals surface area contributed by atoms with E-state index in [2.05, 4.69) is 5.32 Å². The fourth-order valence-electron chi connectivity index (χ4n) is 2.64. The summed E-state index contributed by atoms with van der Waals surface area (Å²) in [4.78, 5) is 26.1. The zero-order chi connectivity index (χ0) is 14.5. The number of rotatable bonds is 5. The summed E-state index contributed by atoms with van der Waals surface area (Å²) < 4.78 is 0. The van der Waals surface area contributed by atoms with Gasteiger partial charge < -0.3 is 16.0 Å². The minimum atomic E-state index is -0.114. The molecule has 0 bridgehead atoms. The molecule has 20 heavy (non-hydrogen) atoms. The lowest BCUT2D eigenvalue weighted by atomic mass is 10.0. The first kappa shape index (κ1) is 15.0. The van der Waals surface area contributed by atoms with Crippen molar-refractivity contribution in [3.8, 4) is 0 Å². The number of hydrogen-bond acceptors (Lipinski definition) is 4. The van der Waals surface area contributed by atoms with Gasteiger partial charge in [0.25, 0.3) is 5.91 Å². The van der Waals surface area contributed by atoms with Crippen molar-refractivity contribution in [2.24, 2.45) is 11.7 Å². The van der Waals surface area contributed by atoms with Crippen LogP contribution in [0.1, 0.15) is 28.9 Å². The normalized spacial score (nSPS) is 21.7. The van der Waals surface area contributed by atoms with Crippen molar-refractivity contribution in [3.05, 3.63) is 22.4 Å². The summed E-state index contributed by atoms with van der Waals surface area (Å²) in [5, 5.41) is 4.85. The number of likely N-dealkylation sites (N-methyl/N-ethyl adjacent to an activating group) is 1. The molecule has 1 aliphatic carbocycles. The molecule has 1 aromatic rings. The quantitative estimate of drug-likeness (QED) is 0.853. The summed E-state index contributed by atoms with van der Waals surface area (Å²) in [6, 6.07) is 3.76. The standard InChI is InChI=1S/C14H21N3O2S/c1-17(14(19)12-6-3-7-20-12)9-13(18)16-11-5-2-4-10(11)8-15/h3,6-7,10-11H,2,4-5,8-9,15H2,1H3,(H,16,18). The van der Waals surface area contributed by atoms with Crippen molar-refractivity contribution in [1.29, 1.82) is 0 Å². The van der Waals surface area contributed by atoms with Crippen LogP contribution in [0.25, 0.3) is 0 Å². The lowest BCUT2D eigenvalue weighted by Gasteiger charge is -2.22. The van der Waals surface area contributed by atoms with E-state index in [-0.39, 0.29) is 24.4 Å². The van der Waals surface area contributed by atoms with Crippen LogP contribution in [0.4, 0.5) is 0 Å². The molecule has 0 radical (unpaired) electrons. The maximum atomic E-state index is 12.0. The van der Waals surface area contributed by atoms with Crippen LogP contribution in [-0.2, 0) is 4.79 Å². The third-order valence-electron chi connectivity index (χ3n) is 3.77. The van der Waals surface area contributed by atoms with Gasteiger partial charge in [0.1, 0.15) is 0 Å². The van der Waals surface area contributed by atoms with E-state index >= 15 is 0 Å². The fraction of sp³-hybridized carbons (Fsp3) is 0.571. The summed E-state index contributed by atoms with van der Waals surface area (Å²) >= 11 is 1.38. The highest BCUT2D eigenvalue weighted by Gasteiger charge is 2.27. The molecule has 110 valence electrons. The Hall–Kier alpha value is -1.40. The molecule has 6 heteroatoms. The Morgan fingerprint density at radius 1 is 1.50 bits per heavy atom. The average Bonchev–Trinajstić information content (AvgIpc) is 3.08. The second kappa shape index (κ2) is 6.85. The van der Waals surface area contributed by atoms with Crippen LogP contribution in [0, 0.1) is 5.92 Å². The lowest BCUT2D eigenvalue weighted by Crippen LogP contribution is -2.45. The summed E-state index contributed by atoms with van der Waals surface area (Å²) in [5.41, 5.74) is 5.70. The first-order valence-corrected chi connectivity index (χ1v) is 7.78. The maximum Gasteiger partial charge on any atom is 0.264 e. The Bertz CT molecular complexity index is 461. The second-order valence-electron chi connectivity index (χ2n) is 5.24. The molecule has 1 saturated carbocycles. The molecule has 1 fully saturated rings. The topological polar surface area (TPSA) is 75.4 Å². The molecule has 1 heterocycles. The molecule has 2 rings (SSSR count). The van der Waals surface area contributed by atoms with E-state index in [1.54, 1.807) is 13.1 Å². The molecule has 2 unspecified atom stereocenters. The third-order valence-corrected chi connectivity index (χ3v) is 4.63. The highest BCUT2D eigenvalue weighted by molar-refractivity contribution is 7.12. The number of carbonyl (C=O) groups excluding carboxylic acids is 2. The summed E-state index contributed by atoms with van der Waals surface area (Å²) in [5.74, 6) is 0.150. The molecular formula is C14H21N3O2S. The van der Waals surface area contributed by atoms with Crippen molar-refractivity contribution in [2.75, 3.05) is 20.1 Å². The van der Waals surface area contributed by atoms with Crippen LogP contribution in [0.3, 0.4) is 0 Å². The van der Waals surface area contributed by atoms with E-state index in [1.807, 2.05) is 11.4 Å². The molecule has 3 N–H and O–H groups in total. The van der Waals surface area contributed by atoms with Crippen LogP contribution in [0.5, 0.6) is 0 Å². The Kier molecular flexibility index (Phi) is 5.14. The van der Waals surface area contributed by atoms with Gasteiger partial charge in [-0.3, -0.25) is 9.59 Å². The number of hydrogen-bond donors (Lipinski definition) is 2. The molecule has 5 nitrogen and oxygen atoms in total. The Balaban J connectivity index is 1.83. The maximum absolute atomic E-state index is 12.0. The molecule has 1 aromatic heterocycles. The molecule has 0 aliphatic heterocycles. The van der Waals surface area contributed by atoms with E-state index in [4.69, 9.17) is 5.73 Å². The lowest BCUT2D eigenvalue weighted by molar-refractivity contribution is -0.122. The van der Waals surface area contributed by atoms with E-state index in [9.17, 15) is 9.59 Å². The molecule has 0 saturated heterocycles. The van der Waals surface area contributed by atoms with Gasteiger partial charge in [-0.15, -0.1) is 11.3 Å². The van der Waals surface area contributed by atoms with Gasteiger partial charge in [-0.2, -0.15) is 0 Å². The van der Waals surface area contributed by atoms with Gasteiger partial charge in [-0.05, 0) is 36.8 Å². The zero-order valence-corrected chi connectivity index (χ0v) is 12.5. The SMILES string of the molecule is CN(CC(=O)NC1CCCC1CN)C(=O)c1cccs1. The van der Waals surface area contributed by atoms with Gasteiger partial charge >= 0.3 is 0 Å². The highest BCUT2D eigenvalue weighted by Crippen LogP contribution is 2.24. The Morgan fingerprint density at radius 2 is 2.30 bits per heavy atom. The van der Waals surface area contributed by atoms with Crippen LogP contribution in [0.15, 0.2) is 17.5 Å². The van der Waals surface area contributed by atoms with E-state index in [1.165, 1.54) is 16.2 Å². The summed E-state index contributed by atoms with van der Waals surface area (Å²) in [7, 11) is 1.65. The number of amides is 2. The van der Waals surface area contributed by atoms with Crippen LogP contribution in [0.2, 0.25) is 0 Å². The number of thiophene rings is 1. The van der Waals surface area contributed by atoms with Crippen LogP contribution < -0.4 is 11.1 Å². The molecular weight excluding hydrogens is 274 g/mol. The second-order valence-corrected chi connectivity index (χ2v) is 6.19. The Morgan fingerprint density at radius 3 is 2.95 bits per heavy atom. The first-order chi connectivity index (χ1) is 9.61. The number of nitrogens with zero attached hydrogens (tertiary/aromatic N) is 1. The van der Waals surface area contributed by atoms with E-state index in [0.29, 0.717) is 17.3 Å². The smallest absolute Gasteiger partial charge is 0.264 e. The van der Waals surface area contributed by atoms with Crippen molar-refractivity contribution in [3.63, 3.8) is 0 Å². The average molecular weight is 295 g/mol. The van der Waals surface area contributed by atoms with Crippen molar-refractivity contribution in [2.45, 2.75) is 25.3 Å². The molecule has 1 aliphatic rings. The zero-order valence-electron chi connectivity index (χ0n) is 11.7. The first-order valence-electron chi connectivity index (χ1n) is 6.90. The van der Waals surface area contributed by atoms with Crippen molar-refractivity contribution >= 4 is 23.2 Å². The predicted octanol–water partition coefficient (Wildman–Crippen LogP) is 1.06. The van der Waals surface area contributed by atoms with Gasteiger partial charge in [0, 0.05) is 13.1 Å². The monoisotopic (exact) mass is 295 g/mol. The summed E-state index contributed by atoms with van der Waals surface area (Å²) in [6.07, 6.45) is 3.17. The van der Waals surface area contributed by atoms with Crippen molar-refractivity contribution < 1.29 is 9.59 Å². The predicted molar refractivity (Wildman–Crippen MR) is 79.6 cm³/mol.